The lowest BCUT2D eigenvalue weighted by molar-refractivity contribution is -0.138. The second-order valence-corrected chi connectivity index (χ2v) is 6.77. The molecular weight excluding hydrogens is 376 g/mol. The predicted octanol–water partition coefficient (Wildman–Crippen LogP) is 4.00. The molecule has 0 atom stereocenters. The smallest absolute Gasteiger partial charge is 0.367 e. The summed E-state index contributed by atoms with van der Waals surface area (Å²) in [5, 5.41) is 5.63. The van der Waals surface area contributed by atoms with Crippen molar-refractivity contribution in [1.82, 2.24) is 9.88 Å². The molecule has 1 aromatic heterocycles. The minimum absolute atomic E-state index is 0.111. The van der Waals surface area contributed by atoms with Crippen molar-refractivity contribution in [3.05, 3.63) is 53.3 Å². The number of pyridine rings is 1. The van der Waals surface area contributed by atoms with Gasteiger partial charge in [-0.15, -0.1) is 0 Å². The number of aromatic nitrogens is 1. The number of benzene rings is 1. The average Bonchev–Trinajstić information content (AvgIpc) is 2.63. The van der Waals surface area contributed by atoms with Crippen molar-refractivity contribution in [2.75, 3.05) is 30.8 Å². The van der Waals surface area contributed by atoms with Crippen molar-refractivity contribution >= 4 is 17.5 Å². The van der Waals surface area contributed by atoms with Gasteiger partial charge >= 0.3 is 6.18 Å². The maximum atomic E-state index is 13.2. The van der Waals surface area contributed by atoms with Gasteiger partial charge in [-0.25, -0.2) is 9.37 Å². The topological polar surface area (TPSA) is 57.3 Å². The highest BCUT2D eigenvalue weighted by atomic mass is 19.4. The highest BCUT2D eigenvalue weighted by Crippen LogP contribution is 2.33. The Bertz CT molecular complexity index is 848. The molecule has 0 unspecified atom stereocenters. The van der Waals surface area contributed by atoms with Crippen molar-refractivity contribution in [2.24, 2.45) is 0 Å². The largest absolute Gasteiger partial charge is 0.417 e. The van der Waals surface area contributed by atoms with Crippen LogP contribution >= 0.6 is 0 Å². The van der Waals surface area contributed by atoms with E-state index in [4.69, 9.17) is 0 Å². The van der Waals surface area contributed by atoms with Gasteiger partial charge in [0.15, 0.2) is 0 Å². The minimum atomic E-state index is -4.85. The van der Waals surface area contributed by atoms with Crippen LogP contribution in [0.25, 0.3) is 0 Å². The first-order chi connectivity index (χ1) is 13.2. The Morgan fingerprint density at radius 2 is 1.82 bits per heavy atom. The molecule has 150 valence electrons. The summed E-state index contributed by atoms with van der Waals surface area (Å²) in [6.07, 6.45) is -2.96. The van der Waals surface area contributed by atoms with E-state index in [2.05, 4.69) is 27.6 Å². The number of hydrogen-bond donors (Lipinski definition) is 2. The standard InChI is InChI=1S/C19H20F4N4O/c1-27-9-7-13(8-10-27)24-16-3-2-4-17(25-16)26-18(28)14-6-5-12(20)11-15(14)19(21,22)23/h2-6,11,13H,7-10H2,1H3,(H2,24,25,26,28). The van der Waals surface area contributed by atoms with Gasteiger partial charge in [-0.3, -0.25) is 4.79 Å². The highest BCUT2D eigenvalue weighted by Gasteiger charge is 2.35. The monoisotopic (exact) mass is 396 g/mol. The Kier molecular flexibility index (Phi) is 5.83. The van der Waals surface area contributed by atoms with E-state index in [0.717, 1.165) is 38.1 Å². The van der Waals surface area contributed by atoms with Crippen LogP contribution in [0, 0.1) is 5.82 Å². The highest BCUT2D eigenvalue weighted by molar-refractivity contribution is 6.05. The molecule has 2 aromatic rings. The summed E-state index contributed by atoms with van der Waals surface area (Å²) in [6.45, 7) is 1.91. The Balaban J connectivity index is 1.73. The van der Waals surface area contributed by atoms with Crippen LogP contribution in [0.2, 0.25) is 0 Å². The van der Waals surface area contributed by atoms with Crippen LogP contribution in [-0.4, -0.2) is 42.0 Å². The summed E-state index contributed by atoms with van der Waals surface area (Å²) in [6, 6.07) is 7.03. The van der Waals surface area contributed by atoms with Gasteiger partial charge in [0, 0.05) is 6.04 Å². The van der Waals surface area contributed by atoms with Crippen molar-refractivity contribution in [2.45, 2.75) is 25.1 Å². The zero-order valence-electron chi connectivity index (χ0n) is 15.2. The predicted molar refractivity (Wildman–Crippen MR) is 97.7 cm³/mol. The lowest BCUT2D eigenvalue weighted by Gasteiger charge is -2.29. The molecule has 9 heteroatoms. The Labute approximate surface area is 159 Å². The number of nitrogens with one attached hydrogen (secondary N) is 2. The summed E-state index contributed by atoms with van der Waals surface area (Å²) in [5.41, 5.74) is -1.99. The van der Waals surface area contributed by atoms with Gasteiger partial charge in [-0.1, -0.05) is 6.07 Å². The number of carbonyl (C=O) groups excluding carboxylic acids is 1. The number of amides is 1. The molecule has 0 saturated carbocycles. The number of piperidine rings is 1. The first-order valence-corrected chi connectivity index (χ1v) is 8.82. The van der Waals surface area contributed by atoms with Gasteiger partial charge in [0.1, 0.15) is 17.5 Å². The number of anilines is 2. The number of rotatable bonds is 4. The first-order valence-electron chi connectivity index (χ1n) is 8.82. The van der Waals surface area contributed by atoms with Gasteiger partial charge in [-0.05, 0) is 63.3 Å². The van der Waals surface area contributed by atoms with Crippen molar-refractivity contribution in [3.8, 4) is 0 Å². The van der Waals surface area contributed by atoms with Crippen LogP contribution in [0.1, 0.15) is 28.8 Å². The van der Waals surface area contributed by atoms with Gasteiger partial charge in [-0.2, -0.15) is 13.2 Å². The van der Waals surface area contributed by atoms with Crippen LogP contribution in [0.4, 0.5) is 29.2 Å². The number of halogens is 4. The molecule has 5 nitrogen and oxygen atoms in total. The number of likely N-dealkylation sites (tertiary alicyclic amines) is 1. The lowest BCUT2D eigenvalue weighted by Crippen LogP contribution is -2.36. The van der Waals surface area contributed by atoms with Gasteiger partial charge in [0.05, 0.1) is 11.1 Å². The minimum Gasteiger partial charge on any atom is -0.367 e. The molecule has 0 radical (unpaired) electrons. The fraction of sp³-hybridized carbons (Fsp3) is 0.368. The molecule has 1 amide bonds. The van der Waals surface area contributed by atoms with E-state index in [1.165, 1.54) is 6.07 Å². The van der Waals surface area contributed by atoms with Crippen LogP contribution < -0.4 is 10.6 Å². The Morgan fingerprint density at radius 1 is 1.14 bits per heavy atom. The lowest BCUT2D eigenvalue weighted by atomic mass is 10.1. The fourth-order valence-corrected chi connectivity index (χ4v) is 3.08. The van der Waals surface area contributed by atoms with E-state index in [0.29, 0.717) is 11.9 Å². The zero-order valence-corrected chi connectivity index (χ0v) is 15.2. The summed E-state index contributed by atoms with van der Waals surface area (Å²) < 4.78 is 52.5. The molecule has 2 heterocycles. The Morgan fingerprint density at radius 3 is 2.50 bits per heavy atom. The van der Waals surface area contributed by atoms with E-state index < -0.39 is 29.0 Å². The van der Waals surface area contributed by atoms with Crippen LogP contribution in [0.3, 0.4) is 0 Å². The average molecular weight is 396 g/mol. The quantitative estimate of drug-likeness (QED) is 0.768. The SMILES string of the molecule is CN1CCC(Nc2cccc(NC(=O)c3ccc(F)cc3C(F)(F)F)n2)CC1. The van der Waals surface area contributed by atoms with Crippen LogP contribution in [0.5, 0.6) is 0 Å². The Hall–Kier alpha value is -2.68. The molecule has 0 aliphatic carbocycles. The maximum Gasteiger partial charge on any atom is 0.417 e. The molecule has 1 aliphatic heterocycles. The molecule has 0 bridgehead atoms. The van der Waals surface area contributed by atoms with Gasteiger partial charge in [0.25, 0.3) is 5.91 Å². The van der Waals surface area contributed by atoms with Crippen molar-refractivity contribution < 1.29 is 22.4 Å². The van der Waals surface area contributed by atoms with E-state index in [-0.39, 0.29) is 11.9 Å². The van der Waals surface area contributed by atoms with E-state index in [1.807, 2.05) is 0 Å². The molecule has 28 heavy (non-hydrogen) atoms. The summed E-state index contributed by atoms with van der Waals surface area (Å²) in [5.74, 6) is -1.43. The van der Waals surface area contributed by atoms with Crippen LogP contribution in [0.15, 0.2) is 36.4 Å². The third-order valence-electron chi connectivity index (χ3n) is 4.59. The number of carbonyl (C=O) groups is 1. The fourth-order valence-electron chi connectivity index (χ4n) is 3.08. The summed E-state index contributed by atoms with van der Waals surface area (Å²) >= 11 is 0. The van der Waals surface area contributed by atoms with E-state index in [1.54, 1.807) is 12.1 Å². The third kappa shape index (κ3) is 4.98. The molecule has 2 N–H and O–H groups in total. The molecule has 1 fully saturated rings. The second-order valence-electron chi connectivity index (χ2n) is 6.77. The second kappa shape index (κ2) is 8.14. The van der Waals surface area contributed by atoms with Gasteiger partial charge < -0.3 is 15.5 Å². The summed E-state index contributed by atoms with van der Waals surface area (Å²) in [7, 11) is 2.05. The number of nitrogens with zero attached hydrogens (tertiary/aromatic N) is 2. The normalized spacial score (nSPS) is 16.0. The van der Waals surface area contributed by atoms with Gasteiger partial charge in [0.2, 0.25) is 0 Å². The zero-order chi connectivity index (χ0) is 20.3. The molecule has 1 aliphatic rings. The first kappa shape index (κ1) is 20.1. The van der Waals surface area contributed by atoms with Crippen LogP contribution in [-0.2, 0) is 6.18 Å². The molecule has 3 rings (SSSR count). The number of alkyl halides is 3. The van der Waals surface area contributed by atoms with E-state index in [9.17, 15) is 22.4 Å². The van der Waals surface area contributed by atoms with Crippen molar-refractivity contribution in [3.63, 3.8) is 0 Å². The third-order valence-corrected chi connectivity index (χ3v) is 4.59. The molecule has 0 spiro atoms. The summed E-state index contributed by atoms with van der Waals surface area (Å²) in [4.78, 5) is 18.8. The maximum absolute atomic E-state index is 13.2. The molecule has 1 aromatic carbocycles. The molecule has 1 saturated heterocycles. The van der Waals surface area contributed by atoms with Crippen molar-refractivity contribution in [1.29, 1.82) is 0 Å². The van der Waals surface area contributed by atoms with E-state index >= 15 is 0 Å². The molecular formula is C19H20F4N4O. The number of hydrogen-bond acceptors (Lipinski definition) is 4.